The van der Waals surface area contributed by atoms with Gasteiger partial charge in [-0.15, -0.1) is 0 Å². The molecule has 19 heavy (non-hydrogen) atoms. The standard InChI is InChI=1S/C16H28N2O/c1-4-5-7-10-16(2,3)14-17-11-13-18-12-8-6-9-15(18)19/h6,8-9,12,17H,4-5,7,10-11,13-14H2,1-3H3. The van der Waals surface area contributed by atoms with Gasteiger partial charge in [-0.05, 0) is 17.9 Å². The number of hydrogen-bond acceptors (Lipinski definition) is 2. The minimum absolute atomic E-state index is 0.0755. The zero-order chi connectivity index (χ0) is 14.1. The number of nitrogens with one attached hydrogen (secondary N) is 1. The van der Waals surface area contributed by atoms with E-state index in [0.717, 1.165) is 19.6 Å². The molecule has 108 valence electrons. The molecule has 1 aromatic rings. The number of hydrogen-bond donors (Lipinski definition) is 1. The molecule has 0 unspecified atom stereocenters. The van der Waals surface area contributed by atoms with Gasteiger partial charge in [0.1, 0.15) is 0 Å². The first kappa shape index (κ1) is 16.0. The van der Waals surface area contributed by atoms with E-state index in [1.807, 2.05) is 12.3 Å². The Labute approximate surface area is 117 Å². The fourth-order valence-electron chi connectivity index (χ4n) is 2.21. The zero-order valence-corrected chi connectivity index (χ0v) is 12.6. The van der Waals surface area contributed by atoms with Gasteiger partial charge in [-0.25, -0.2) is 0 Å². The maximum absolute atomic E-state index is 11.5. The average molecular weight is 264 g/mol. The van der Waals surface area contributed by atoms with E-state index in [1.165, 1.54) is 25.7 Å². The fraction of sp³-hybridized carbons (Fsp3) is 0.688. The molecule has 1 N–H and O–H groups in total. The average Bonchev–Trinajstić information content (AvgIpc) is 2.37. The smallest absolute Gasteiger partial charge is 0.250 e. The van der Waals surface area contributed by atoms with Crippen LogP contribution in [0.2, 0.25) is 0 Å². The molecule has 0 atom stereocenters. The predicted octanol–water partition coefficient (Wildman–Crippen LogP) is 3.04. The Bertz CT molecular complexity index is 409. The number of rotatable bonds is 9. The summed E-state index contributed by atoms with van der Waals surface area (Å²) < 4.78 is 1.75. The van der Waals surface area contributed by atoms with E-state index < -0.39 is 0 Å². The predicted molar refractivity (Wildman–Crippen MR) is 81.5 cm³/mol. The van der Waals surface area contributed by atoms with Gasteiger partial charge in [0.2, 0.25) is 0 Å². The molecule has 0 amide bonds. The van der Waals surface area contributed by atoms with Crippen LogP contribution in [0.25, 0.3) is 0 Å². The van der Waals surface area contributed by atoms with Crippen molar-refractivity contribution in [2.45, 2.75) is 53.0 Å². The normalized spacial score (nSPS) is 11.7. The van der Waals surface area contributed by atoms with Crippen molar-refractivity contribution in [2.75, 3.05) is 13.1 Å². The van der Waals surface area contributed by atoms with Crippen molar-refractivity contribution in [1.82, 2.24) is 9.88 Å². The summed E-state index contributed by atoms with van der Waals surface area (Å²) in [5, 5.41) is 3.47. The van der Waals surface area contributed by atoms with Gasteiger partial charge in [0.05, 0.1) is 0 Å². The Balaban J connectivity index is 2.23. The molecule has 0 saturated heterocycles. The molecule has 0 spiro atoms. The lowest BCUT2D eigenvalue weighted by Gasteiger charge is -2.25. The highest BCUT2D eigenvalue weighted by molar-refractivity contribution is 4.93. The van der Waals surface area contributed by atoms with Crippen molar-refractivity contribution in [3.8, 4) is 0 Å². The van der Waals surface area contributed by atoms with Crippen LogP contribution in [0.15, 0.2) is 29.2 Å². The molecule has 0 bridgehead atoms. The van der Waals surface area contributed by atoms with E-state index in [1.54, 1.807) is 16.7 Å². The van der Waals surface area contributed by atoms with E-state index in [4.69, 9.17) is 0 Å². The van der Waals surface area contributed by atoms with Crippen molar-refractivity contribution in [3.63, 3.8) is 0 Å². The molecule has 0 saturated carbocycles. The van der Waals surface area contributed by atoms with Crippen LogP contribution in [-0.2, 0) is 6.54 Å². The third-order valence-electron chi connectivity index (χ3n) is 3.49. The molecule has 0 aliphatic carbocycles. The summed E-state index contributed by atoms with van der Waals surface area (Å²) in [7, 11) is 0. The highest BCUT2D eigenvalue weighted by atomic mass is 16.1. The van der Waals surface area contributed by atoms with Gasteiger partial charge < -0.3 is 9.88 Å². The number of nitrogens with zero attached hydrogens (tertiary/aromatic N) is 1. The summed E-state index contributed by atoms with van der Waals surface area (Å²) in [6.45, 7) is 9.46. The third kappa shape index (κ3) is 6.58. The van der Waals surface area contributed by atoms with Crippen LogP contribution in [0.3, 0.4) is 0 Å². The van der Waals surface area contributed by atoms with E-state index >= 15 is 0 Å². The molecular formula is C16H28N2O. The lowest BCUT2D eigenvalue weighted by molar-refractivity contribution is 0.300. The van der Waals surface area contributed by atoms with E-state index in [-0.39, 0.29) is 5.56 Å². The van der Waals surface area contributed by atoms with Gasteiger partial charge in [0.15, 0.2) is 0 Å². The lowest BCUT2D eigenvalue weighted by atomic mass is 9.87. The van der Waals surface area contributed by atoms with Gasteiger partial charge >= 0.3 is 0 Å². The molecule has 3 nitrogen and oxygen atoms in total. The minimum Gasteiger partial charge on any atom is -0.314 e. The largest absolute Gasteiger partial charge is 0.314 e. The summed E-state index contributed by atoms with van der Waals surface area (Å²) in [6, 6.07) is 5.29. The van der Waals surface area contributed by atoms with Gasteiger partial charge in [0.25, 0.3) is 5.56 Å². The van der Waals surface area contributed by atoms with Gasteiger partial charge in [-0.2, -0.15) is 0 Å². The maximum atomic E-state index is 11.5. The van der Waals surface area contributed by atoms with Gasteiger partial charge in [-0.3, -0.25) is 4.79 Å². The van der Waals surface area contributed by atoms with E-state index in [0.29, 0.717) is 5.41 Å². The quantitative estimate of drug-likeness (QED) is 0.696. The second kappa shape index (κ2) is 8.16. The third-order valence-corrected chi connectivity index (χ3v) is 3.49. The van der Waals surface area contributed by atoms with Crippen LogP contribution in [0.5, 0.6) is 0 Å². The molecule has 3 heteroatoms. The van der Waals surface area contributed by atoms with Crippen LogP contribution in [0.4, 0.5) is 0 Å². The molecule has 1 heterocycles. The Morgan fingerprint density at radius 1 is 1.26 bits per heavy atom. The van der Waals surface area contributed by atoms with Crippen LogP contribution in [-0.4, -0.2) is 17.7 Å². The summed E-state index contributed by atoms with van der Waals surface area (Å²) >= 11 is 0. The Kier molecular flexibility index (Phi) is 6.85. The Morgan fingerprint density at radius 2 is 2.05 bits per heavy atom. The zero-order valence-electron chi connectivity index (χ0n) is 12.6. The highest BCUT2D eigenvalue weighted by Crippen LogP contribution is 2.22. The molecule has 0 aromatic carbocycles. The fourth-order valence-corrected chi connectivity index (χ4v) is 2.21. The first-order valence-corrected chi connectivity index (χ1v) is 7.41. The van der Waals surface area contributed by atoms with Crippen LogP contribution in [0.1, 0.15) is 46.5 Å². The van der Waals surface area contributed by atoms with Crippen molar-refractivity contribution in [1.29, 1.82) is 0 Å². The van der Waals surface area contributed by atoms with Gasteiger partial charge in [0, 0.05) is 31.9 Å². The first-order valence-electron chi connectivity index (χ1n) is 7.41. The molecule has 0 aliphatic rings. The van der Waals surface area contributed by atoms with Crippen LogP contribution in [0, 0.1) is 5.41 Å². The summed E-state index contributed by atoms with van der Waals surface area (Å²) in [5.41, 5.74) is 0.420. The van der Waals surface area contributed by atoms with Gasteiger partial charge in [-0.1, -0.05) is 46.1 Å². The summed E-state index contributed by atoms with van der Waals surface area (Å²) in [4.78, 5) is 11.5. The highest BCUT2D eigenvalue weighted by Gasteiger charge is 2.16. The second-order valence-corrected chi connectivity index (χ2v) is 6.03. The second-order valence-electron chi connectivity index (χ2n) is 6.03. The monoisotopic (exact) mass is 264 g/mol. The van der Waals surface area contributed by atoms with E-state index in [9.17, 15) is 4.79 Å². The summed E-state index contributed by atoms with van der Waals surface area (Å²) in [5.74, 6) is 0. The van der Waals surface area contributed by atoms with Crippen LogP contribution < -0.4 is 10.9 Å². The van der Waals surface area contributed by atoms with Crippen LogP contribution >= 0.6 is 0 Å². The van der Waals surface area contributed by atoms with Crippen molar-refractivity contribution < 1.29 is 0 Å². The number of unbranched alkanes of at least 4 members (excludes halogenated alkanes) is 2. The number of aromatic nitrogens is 1. The molecular weight excluding hydrogens is 236 g/mol. The molecule has 0 aliphatic heterocycles. The first-order chi connectivity index (χ1) is 9.05. The molecule has 1 rings (SSSR count). The SMILES string of the molecule is CCCCCC(C)(C)CNCCn1ccccc1=O. The molecule has 0 fully saturated rings. The number of pyridine rings is 1. The van der Waals surface area contributed by atoms with E-state index in [2.05, 4.69) is 26.1 Å². The van der Waals surface area contributed by atoms with Crippen molar-refractivity contribution >= 4 is 0 Å². The Hall–Kier alpha value is -1.09. The summed E-state index contributed by atoms with van der Waals surface area (Å²) in [6.07, 6.45) is 7.02. The van der Waals surface area contributed by atoms with Crippen molar-refractivity contribution in [2.24, 2.45) is 5.41 Å². The lowest BCUT2D eigenvalue weighted by Crippen LogP contribution is -2.33. The molecule has 0 radical (unpaired) electrons. The maximum Gasteiger partial charge on any atom is 0.250 e. The Morgan fingerprint density at radius 3 is 2.74 bits per heavy atom. The molecule has 1 aromatic heterocycles. The topological polar surface area (TPSA) is 34.0 Å². The van der Waals surface area contributed by atoms with Crippen molar-refractivity contribution in [3.05, 3.63) is 34.7 Å². The minimum atomic E-state index is 0.0755.